The van der Waals surface area contributed by atoms with Crippen molar-refractivity contribution in [3.05, 3.63) is 161 Å². The summed E-state index contributed by atoms with van der Waals surface area (Å²) in [5.74, 6) is -1.22. The molecule has 0 amide bonds. The van der Waals surface area contributed by atoms with Gasteiger partial charge >= 0.3 is 5.97 Å². The zero-order valence-electron chi connectivity index (χ0n) is 28.4. The van der Waals surface area contributed by atoms with E-state index in [0.717, 1.165) is 46.2 Å². The number of benzene rings is 6. The molecule has 0 radical (unpaired) electrons. The Morgan fingerprint density at radius 2 is 1.27 bits per heavy atom. The minimum atomic E-state index is -1.22. The second-order valence-electron chi connectivity index (χ2n) is 13.1. The molecule has 0 saturated heterocycles. The molecule has 2 aromatic heterocycles. The molecule has 8 aromatic rings. The number of para-hydroxylation sites is 1. The van der Waals surface area contributed by atoms with Crippen LogP contribution in [-0.4, -0.2) is 17.6 Å². The van der Waals surface area contributed by atoms with Gasteiger partial charge in [0.15, 0.2) is 0 Å². The number of carboxylic acids is 1. The predicted molar refractivity (Wildman–Crippen MR) is 220 cm³/mol. The van der Waals surface area contributed by atoms with Crippen molar-refractivity contribution in [2.45, 2.75) is 19.8 Å². The Kier molecular flexibility index (Phi) is 7.96. The van der Waals surface area contributed by atoms with Crippen LogP contribution in [0.25, 0.3) is 73.9 Å². The molecule has 1 aliphatic heterocycles. The van der Waals surface area contributed by atoms with Crippen molar-refractivity contribution in [2.75, 3.05) is 11.4 Å². The van der Waals surface area contributed by atoms with E-state index in [1.165, 1.54) is 70.3 Å². The monoisotopic (exact) mass is 708 g/mol. The fourth-order valence-electron chi connectivity index (χ4n) is 7.68. The normalized spacial score (nSPS) is 12.8. The van der Waals surface area contributed by atoms with Crippen molar-refractivity contribution >= 4 is 75.7 Å². The summed E-state index contributed by atoms with van der Waals surface area (Å²) in [4.78, 5) is 17.7. The fraction of sp³-hybridized carbons (Fsp3) is 0.0870. The Balaban J connectivity index is 1.26. The van der Waals surface area contributed by atoms with Gasteiger partial charge in [0.05, 0.1) is 16.0 Å². The molecule has 0 saturated carbocycles. The fourth-order valence-corrected chi connectivity index (χ4v) is 10.4. The third kappa shape index (κ3) is 5.38. The third-order valence-electron chi connectivity index (χ3n) is 10.1. The van der Waals surface area contributed by atoms with Crippen LogP contribution in [0.3, 0.4) is 0 Å². The van der Waals surface area contributed by atoms with Crippen LogP contribution in [0.2, 0.25) is 0 Å². The van der Waals surface area contributed by atoms with Gasteiger partial charge in [-0.1, -0.05) is 84.9 Å². The number of carbonyl (C=O) groups is 1. The first-order valence-corrected chi connectivity index (χ1v) is 19.0. The quantitative estimate of drug-likeness (QED) is 0.138. The van der Waals surface area contributed by atoms with E-state index in [9.17, 15) is 9.90 Å². The molecule has 6 heteroatoms. The maximum Gasteiger partial charge on any atom is 0.333 e. The number of aliphatic carboxylic acids is 1. The second kappa shape index (κ2) is 13.0. The molecule has 0 fully saturated rings. The van der Waals surface area contributed by atoms with Crippen molar-refractivity contribution < 1.29 is 9.90 Å². The lowest BCUT2D eigenvalue weighted by molar-refractivity contribution is -0.132. The molecule has 1 N–H and O–H groups in total. The van der Waals surface area contributed by atoms with Gasteiger partial charge in [0.25, 0.3) is 5.70 Å². The van der Waals surface area contributed by atoms with E-state index in [1.54, 1.807) is 22.7 Å². The minimum Gasteiger partial charge on any atom is -0.486 e. The standard InChI is InChI=1S/C46H32N2O2S2/c1-3-48-40-17-11-10-16-30(40)18-19-32-22-31(20-21-41(32)48)35-25-38-43(27-36(35)29-14-8-5-9-15-29)52-44-37-23-33(24-39(47-2)46(49)50)34(26-42(37)51-45(38)44)28-12-6-4-7-13-28/h4-17,20-27H,3,18-19H2,1H3,(H,49,50)/b39-24-. The summed E-state index contributed by atoms with van der Waals surface area (Å²) in [6.07, 6.45) is 3.50. The summed E-state index contributed by atoms with van der Waals surface area (Å²) in [5.41, 5.74) is 12.5. The van der Waals surface area contributed by atoms with Gasteiger partial charge in [0, 0.05) is 38.1 Å². The minimum absolute atomic E-state index is 0.303. The molecule has 6 aromatic carbocycles. The van der Waals surface area contributed by atoms with E-state index in [0.29, 0.717) is 0 Å². The zero-order chi connectivity index (χ0) is 35.3. The van der Waals surface area contributed by atoms with Crippen molar-refractivity contribution in [2.24, 2.45) is 0 Å². The lowest BCUT2D eigenvalue weighted by Gasteiger charge is -2.26. The Hall–Kier alpha value is -6.00. The number of anilines is 2. The van der Waals surface area contributed by atoms with Crippen LogP contribution >= 0.6 is 22.7 Å². The van der Waals surface area contributed by atoms with Crippen LogP contribution in [0.15, 0.2) is 133 Å². The molecule has 0 aliphatic carbocycles. The van der Waals surface area contributed by atoms with Crippen molar-refractivity contribution in [1.82, 2.24) is 0 Å². The summed E-state index contributed by atoms with van der Waals surface area (Å²) in [6, 6.07) is 45.4. The number of nitrogens with zero attached hydrogens (tertiary/aromatic N) is 2. The molecule has 0 bridgehead atoms. The molecule has 0 unspecified atom stereocenters. The molecule has 3 heterocycles. The van der Waals surface area contributed by atoms with Gasteiger partial charge in [-0.3, -0.25) is 4.79 Å². The number of hydrogen-bond acceptors (Lipinski definition) is 4. The smallest absolute Gasteiger partial charge is 0.333 e. The maximum atomic E-state index is 11.9. The van der Waals surface area contributed by atoms with Crippen molar-refractivity contribution in [3.63, 3.8) is 0 Å². The van der Waals surface area contributed by atoms with Crippen molar-refractivity contribution in [3.8, 4) is 33.4 Å². The van der Waals surface area contributed by atoms with E-state index in [1.807, 2.05) is 30.3 Å². The summed E-state index contributed by atoms with van der Waals surface area (Å²) in [6.45, 7) is 10.7. The Labute approximate surface area is 310 Å². The molecule has 4 nitrogen and oxygen atoms in total. The van der Waals surface area contributed by atoms with Crippen molar-refractivity contribution in [1.29, 1.82) is 0 Å². The highest BCUT2D eigenvalue weighted by Gasteiger charge is 2.22. The van der Waals surface area contributed by atoms with Gasteiger partial charge < -0.3 is 10.0 Å². The van der Waals surface area contributed by atoms with E-state index in [-0.39, 0.29) is 5.70 Å². The topological polar surface area (TPSA) is 44.9 Å². The van der Waals surface area contributed by atoms with Crippen LogP contribution in [-0.2, 0) is 17.6 Å². The summed E-state index contributed by atoms with van der Waals surface area (Å²) >= 11 is 3.56. The molecule has 0 atom stereocenters. The first kappa shape index (κ1) is 31.9. The number of fused-ring (bicyclic) bond motifs is 7. The van der Waals surface area contributed by atoms with Crippen LogP contribution < -0.4 is 4.90 Å². The summed E-state index contributed by atoms with van der Waals surface area (Å²) < 4.78 is 4.75. The highest BCUT2D eigenvalue weighted by atomic mass is 32.1. The molecule has 250 valence electrons. The summed E-state index contributed by atoms with van der Waals surface area (Å²) in [5, 5.41) is 12.0. The van der Waals surface area contributed by atoms with Gasteiger partial charge in [0.1, 0.15) is 0 Å². The van der Waals surface area contributed by atoms with E-state index in [2.05, 4.69) is 114 Å². The first-order chi connectivity index (χ1) is 25.5. The largest absolute Gasteiger partial charge is 0.486 e. The van der Waals surface area contributed by atoms with Gasteiger partial charge in [0.2, 0.25) is 0 Å². The number of rotatable bonds is 6. The average Bonchev–Trinajstić information content (AvgIpc) is 3.66. The second-order valence-corrected chi connectivity index (χ2v) is 15.2. The van der Waals surface area contributed by atoms with Gasteiger partial charge in [-0.25, -0.2) is 4.85 Å². The number of carboxylic acid groups (broad SMARTS) is 1. The third-order valence-corrected chi connectivity index (χ3v) is 12.6. The van der Waals surface area contributed by atoms with E-state index >= 15 is 0 Å². The number of thiophene rings is 2. The Bertz CT molecular complexity index is 2770. The lowest BCUT2D eigenvalue weighted by atomic mass is 9.91. The highest BCUT2D eigenvalue weighted by molar-refractivity contribution is 7.36. The molecule has 9 rings (SSSR count). The van der Waals surface area contributed by atoms with E-state index in [4.69, 9.17) is 6.57 Å². The Morgan fingerprint density at radius 1 is 0.692 bits per heavy atom. The Morgan fingerprint density at radius 3 is 1.94 bits per heavy atom. The molecular formula is C46H32N2O2S2. The van der Waals surface area contributed by atoms with Crippen LogP contribution in [0.1, 0.15) is 23.6 Å². The predicted octanol–water partition coefficient (Wildman–Crippen LogP) is 12.9. The maximum absolute atomic E-state index is 11.9. The number of hydrogen-bond donors (Lipinski definition) is 1. The SMILES string of the molecule is [C-]#[N+]/C(=C\c1cc2c(cc1-c1ccccc1)sc1c3cc(-c4ccc5c(c4)CCc4ccccc4N5CC)c(-c4ccccc4)cc3sc21)C(=O)O. The average molecular weight is 709 g/mol. The van der Waals surface area contributed by atoms with Gasteiger partial charge in [-0.05, 0) is 118 Å². The van der Waals surface area contributed by atoms with Crippen LogP contribution in [0, 0.1) is 6.57 Å². The van der Waals surface area contributed by atoms with Crippen LogP contribution in [0.4, 0.5) is 11.4 Å². The lowest BCUT2D eigenvalue weighted by Crippen LogP contribution is -2.17. The number of aryl methyl sites for hydroxylation is 2. The molecule has 1 aliphatic rings. The molecule has 0 spiro atoms. The highest BCUT2D eigenvalue weighted by Crippen LogP contribution is 2.49. The van der Waals surface area contributed by atoms with Crippen LogP contribution in [0.5, 0.6) is 0 Å². The summed E-state index contributed by atoms with van der Waals surface area (Å²) in [7, 11) is 0. The first-order valence-electron chi connectivity index (χ1n) is 17.4. The van der Waals surface area contributed by atoms with Gasteiger partial charge in [-0.2, -0.15) is 0 Å². The molecular weight excluding hydrogens is 677 g/mol. The van der Waals surface area contributed by atoms with Gasteiger partial charge in [-0.15, -0.1) is 22.7 Å². The zero-order valence-corrected chi connectivity index (χ0v) is 30.0. The van der Waals surface area contributed by atoms with E-state index < -0.39 is 5.97 Å². The molecule has 52 heavy (non-hydrogen) atoms.